The number of hydrogen-bond donors (Lipinski definition) is 0. The normalized spacial score (nSPS) is 26.2. The Labute approximate surface area is 201 Å². The van der Waals surface area contributed by atoms with Gasteiger partial charge in [-0.05, 0) is 50.1 Å². The van der Waals surface area contributed by atoms with Crippen LogP contribution >= 0.6 is 11.6 Å². The number of benzene rings is 2. The smallest absolute Gasteiger partial charge is 0.293 e. The number of nitrogens with zero attached hydrogens (tertiary/aromatic N) is 3. The molecule has 0 aromatic heterocycles. The summed E-state index contributed by atoms with van der Waals surface area (Å²) in [5.41, 5.74) is 0.876. The lowest BCUT2D eigenvalue weighted by Crippen LogP contribution is -2.51. The minimum Gasteiger partial charge on any atom is -0.483 e. The Morgan fingerprint density at radius 1 is 1.29 bits per heavy atom. The molecule has 2 aliphatic heterocycles. The Kier molecular flexibility index (Phi) is 5.45. The van der Waals surface area contributed by atoms with Gasteiger partial charge in [0.05, 0.1) is 24.1 Å². The van der Waals surface area contributed by atoms with Gasteiger partial charge in [0.15, 0.2) is 12.2 Å². The molecule has 0 N–H and O–H groups in total. The monoisotopic (exact) mass is 479 g/mol. The van der Waals surface area contributed by atoms with Crippen molar-refractivity contribution in [2.45, 2.75) is 44.6 Å². The number of carbonyl (C=O) groups excluding carboxylic acids is 2. The van der Waals surface area contributed by atoms with Crippen LogP contribution in [0.2, 0.25) is 5.02 Å². The molecule has 9 heteroatoms. The van der Waals surface area contributed by atoms with Crippen LogP contribution in [0.4, 0.5) is 0 Å². The molecule has 0 radical (unpaired) electrons. The average Bonchev–Trinajstić information content (AvgIpc) is 3.61. The van der Waals surface area contributed by atoms with Gasteiger partial charge < -0.3 is 14.2 Å². The Balaban J connectivity index is 1.51. The van der Waals surface area contributed by atoms with E-state index < -0.39 is 17.8 Å². The van der Waals surface area contributed by atoms with Crippen molar-refractivity contribution in [3.05, 3.63) is 64.2 Å². The second-order valence-electron chi connectivity index (χ2n) is 9.14. The van der Waals surface area contributed by atoms with E-state index in [1.165, 1.54) is 5.01 Å². The zero-order chi connectivity index (χ0) is 24.0. The quantitative estimate of drug-likeness (QED) is 0.601. The van der Waals surface area contributed by atoms with Crippen LogP contribution in [0.15, 0.2) is 47.6 Å². The predicted octanol–water partition coefficient (Wildman–Crippen LogP) is 3.97. The number of ether oxygens (including phenoxy) is 3. The third-order valence-electron chi connectivity index (χ3n) is 6.40. The first-order valence-corrected chi connectivity index (χ1v) is 11.3. The minimum atomic E-state index is -0.905. The van der Waals surface area contributed by atoms with E-state index in [2.05, 4.69) is 11.2 Å². The van der Waals surface area contributed by atoms with Crippen molar-refractivity contribution in [3.8, 4) is 11.8 Å². The molecule has 174 valence electrons. The molecule has 0 spiro atoms. The molecule has 34 heavy (non-hydrogen) atoms. The maximum atomic E-state index is 12.9. The maximum absolute atomic E-state index is 12.9. The Morgan fingerprint density at radius 3 is 2.82 bits per heavy atom. The molecule has 2 aromatic carbocycles. The molecular formula is C25H22ClN3O5. The van der Waals surface area contributed by atoms with Gasteiger partial charge >= 0.3 is 0 Å². The minimum absolute atomic E-state index is 0.0718. The number of fused-ring (bicyclic) bond motifs is 2. The lowest BCUT2D eigenvalue weighted by atomic mass is 9.87. The Bertz CT molecular complexity index is 1240. The van der Waals surface area contributed by atoms with Crippen LogP contribution in [0.1, 0.15) is 43.1 Å². The van der Waals surface area contributed by atoms with E-state index in [-0.39, 0.29) is 24.3 Å². The van der Waals surface area contributed by atoms with Crippen LogP contribution in [0, 0.1) is 23.2 Å². The van der Waals surface area contributed by atoms with Crippen molar-refractivity contribution in [2.75, 3.05) is 0 Å². The number of halogens is 1. The van der Waals surface area contributed by atoms with Crippen LogP contribution in [-0.2, 0) is 25.6 Å². The topological polar surface area (TPSA) is 101 Å². The maximum Gasteiger partial charge on any atom is 0.293 e. The highest BCUT2D eigenvalue weighted by atomic mass is 35.5. The number of carbonyl (C=O) groups is 2. The summed E-state index contributed by atoms with van der Waals surface area (Å²) >= 11 is 6.29. The molecule has 0 saturated heterocycles. The van der Waals surface area contributed by atoms with Crippen LogP contribution < -0.4 is 4.74 Å². The summed E-state index contributed by atoms with van der Waals surface area (Å²) < 4.78 is 17.9. The van der Waals surface area contributed by atoms with Gasteiger partial charge in [0.25, 0.3) is 6.47 Å². The van der Waals surface area contributed by atoms with Crippen LogP contribution in [-0.4, -0.2) is 35.0 Å². The molecule has 2 aromatic rings. The van der Waals surface area contributed by atoms with E-state index in [0.29, 0.717) is 40.7 Å². The largest absolute Gasteiger partial charge is 0.483 e. The second-order valence-corrected chi connectivity index (χ2v) is 9.54. The number of amides is 1. The summed E-state index contributed by atoms with van der Waals surface area (Å²) in [7, 11) is 0. The third kappa shape index (κ3) is 3.86. The Morgan fingerprint density at radius 2 is 2.09 bits per heavy atom. The van der Waals surface area contributed by atoms with Gasteiger partial charge in [0, 0.05) is 16.5 Å². The van der Waals surface area contributed by atoms with Gasteiger partial charge in [-0.15, -0.1) is 5.10 Å². The fourth-order valence-electron chi connectivity index (χ4n) is 4.54. The van der Waals surface area contributed by atoms with E-state index in [9.17, 15) is 14.9 Å². The third-order valence-corrected chi connectivity index (χ3v) is 6.77. The van der Waals surface area contributed by atoms with Crippen molar-refractivity contribution in [1.82, 2.24) is 5.01 Å². The average molecular weight is 480 g/mol. The van der Waals surface area contributed by atoms with Crippen molar-refractivity contribution in [2.24, 2.45) is 16.9 Å². The summed E-state index contributed by atoms with van der Waals surface area (Å²) in [4.78, 5) is 24.2. The lowest BCUT2D eigenvalue weighted by Gasteiger charge is -2.43. The molecule has 2 heterocycles. The summed E-state index contributed by atoms with van der Waals surface area (Å²) in [6, 6.07) is 14.4. The van der Waals surface area contributed by atoms with Gasteiger partial charge in [0.1, 0.15) is 11.4 Å². The first-order chi connectivity index (χ1) is 16.3. The molecule has 0 bridgehead atoms. The zero-order valence-corrected chi connectivity index (χ0v) is 19.4. The number of rotatable bonds is 5. The second kappa shape index (κ2) is 8.33. The van der Waals surface area contributed by atoms with E-state index in [0.717, 1.165) is 5.56 Å². The molecule has 1 amide bonds. The number of nitriles is 1. The zero-order valence-electron chi connectivity index (χ0n) is 18.6. The summed E-state index contributed by atoms with van der Waals surface area (Å²) in [5, 5.41) is 15.9. The van der Waals surface area contributed by atoms with E-state index >= 15 is 0 Å². The molecule has 1 saturated carbocycles. The molecule has 3 aliphatic rings. The fraction of sp³-hybridized carbons (Fsp3) is 0.360. The van der Waals surface area contributed by atoms with Crippen molar-refractivity contribution in [3.63, 3.8) is 0 Å². The summed E-state index contributed by atoms with van der Waals surface area (Å²) in [6.07, 6.45) is -0.943. The molecule has 4 atom stereocenters. The van der Waals surface area contributed by atoms with Gasteiger partial charge in [-0.1, -0.05) is 29.8 Å². The van der Waals surface area contributed by atoms with Crippen molar-refractivity contribution >= 4 is 29.9 Å². The predicted molar refractivity (Wildman–Crippen MR) is 122 cm³/mol. The highest BCUT2D eigenvalue weighted by Gasteiger charge is 2.55. The molecule has 1 fully saturated rings. The molecule has 8 nitrogen and oxygen atoms in total. The molecule has 1 aliphatic carbocycles. The molecule has 5 rings (SSSR count). The number of hydrazone groups is 1. The standard InChI is InChI=1S/C25H22ClN3O5/c1-25(2)22(32-13-30)21(18-9-14(11-27)7-8-20(18)34-25)33-23-16-10-17(16)24(31)29(28-23)12-15-5-3-4-6-19(15)26/h3-9,13,16-17,21-22H,10,12H2,1-2H3/t16-,17+,21-,22+/m1/s1. The van der Waals surface area contributed by atoms with E-state index in [1.54, 1.807) is 38.1 Å². The highest BCUT2D eigenvalue weighted by Crippen LogP contribution is 2.49. The fourth-order valence-corrected chi connectivity index (χ4v) is 4.74. The summed E-state index contributed by atoms with van der Waals surface area (Å²) in [6.45, 7) is 4.18. The lowest BCUT2D eigenvalue weighted by molar-refractivity contribution is -0.162. The highest BCUT2D eigenvalue weighted by molar-refractivity contribution is 6.31. The van der Waals surface area contributed by atoms with Crippen LogP contribution in [0.25, 0.3) is 0 Å². The molecule has 0 unspecified atom stereocenters. The van der Waals surface area contributed by atoms with Gasteiger partial charge in [0.2, 0.25) is 11.8 Å². The van der Waals surface area contributed by atoms with Crippen molar-refractivity contribution < 1.29 is 23.8 Å². The van der Waals surface area contributed by atoms with Crippen LogP contribution in [0.3, 0.4) is 0 Å². The Hall–Kier alpha value is -3.57. The van der Waals surface area contributed by atoms with Gasteiger partial charge in [-0.3, -0.25) is 9.59 Å². The van der Waals surface area contributed by atoms with Gasteiger partial charge in [-0.2, -0.15) is 5.26 Å². The van der Waals surface area contributed by atoms with Gasteiger partial charge in [-0.25, -0.2) is 5.01 Å². The van der Waals surface area contributed by atoms with Crippen molar-refractivity contribution in [1.29, 1.82) is 5.26 Å². The molecular weight excluding hydrogens is 458 g/mol. The summed E-state index contributed by atoms with van der Waals surface area (Å²) in [5.74, 6) is 0.510. The van der Waals surface area contributed by atoms with E-state index in [1.807, 2.05) is 18.2 Å². The number of hydrogen-bond acceptors (Lipinski definition) is 7. The van der Waals surface area contributed by atoms with Crippen LogP contribution in [0.5, 0.6) is 5.75 Å². The van der Waals surface area contributed by atoms with E-state index in [4.69, 9.17) is 25.8 Å². The first-order valence-electron chi connectivity index (χ1n) is 10.9. The first kappa shape index (κ1) is 22.2. The SMILES string of the molecule is CC1(C)Oc2ccc(C#N)cc2[C@@H](OC2=NN(Cc3ccccc3Cl)C(=O)[C@H]3C[C@@H]23)[C@@H]1OC=O.